The molecule has 19 heavy (non-hydrogen) atoms. The highest BCUT2D eigenvalue weighted by Crippen LogP contribution is 2.26. The zero-order valence-corrected chi connectivity index (χ0v) is 12.2. The Labute approximate surface area is 120 Å². The van der Waals surface area contributed by atoms with Crippen LogP contribution in [0, 0.1) is 5.82 Å². The molecule has 0 aliphatic rings. The molecule has 100 valence electrons. The Morgan fingerprint density at radius 3 is 2.74 bits per heavy atom. The van der Waals surface area contributed by atoms with Crippen LogP contribution in [0.25, 0.3) is 0 Å². The highest BCUT2D eigenvalue weighted by Gasteiger charge is 2.09. The van der Waals surface area contributed by atoms with Crippen LogP contribution in [0.15, 0.2) is 23.6 Å². The van der Waals surface area contributed by atoms with Gasteiger partial charge in [-0.15, -0.1) is 11.3 Å². The van der Waals surface area contributed by atoms with Gasteiger partial charge in [-0.05, 0) is 24.1 Å². The molecule has 6 heteroatoms. The second kappa shape index (κ2) is 5.63. The monoisotopic (exact) mass is 295 g/mol. The predicted molar refractivity (Wildman–Crippen MR) is 81.8 cm³/mol. The normalized spacial score (nSPS) is 10.7. The summed E-state index contributed by atoms with van der Waals surface area (Å²) in [6.07, 6.45) is 0. The van der Waals surface area contributed by atoms with Crippen molar-refractivity contribution in [2.45, 2.75) is 19.8 Å². The quantitative estimate of drug-likeness (QED) is 0.843. The Morgan fingerprint density at radius 2 is 2.21 bits per heavy atom. The fourth-order valence-corrected chi connectivity index (χ4v) is 2.50. The van der Waals surface area contributed by atoms with Crippen LogP contribution in [0.3, 0.4) is 0 Å². The minimum atomic E-state index is -0.397. The van der Waals surface area contributed by atoms with Gasteiger partial charge in [0, 0.05) is 10.9 Å². The molecule has 0 fully saturated rings. The second-order valence-corrected chi connectivity index (χ2v) is 5.71. The fraction of sp³-hybridized carbons (Fsp3) is 0.231. The number of halogens is 1. The van der Waals surface area contributed by atoms with Crippen LogP contribution in [0.2, 0.25) is 0 Å². The van der Waals surface area contributed by atoms with Gasteiger partial charge in [0.05, 0.1) is 11.4 Å². The molecule has 0 radical (unpaired) electrons. The van der Waals surface area contributed by atoms with Crippen molar-refractivity contribution in [2.75, 3.05) is 5.32 Å². The summed E-state index contributed by atoms with van der Waals surface area (Å²) in [7, 11) is 0. The summed E-state index contributed by atoms with van der Waals surface area (Å²) in [6, 6.07) is 4.62. The van der Waals surface area contributed by atoms with Gasteiger partial charge in [0.25, 0.3) is 0 Å². The zero-order chi connectivity index (χ0) is 14.0. The van der Waals surface area contributed by atoms with E-state index in [2.05, 4.69) is 24.1 Å². The van der Waals surface area contributed by atoms with Crippen LogP contribution in [-0.2, 0) is 0 Å². The van der Waals surface area contributed by atoms with Gasteiger partial charge in [0.2, 0.25) is 0 Å². The Balaban J connectivity index is 2.20. The summed E-state index contributed by atoms with van der Waals surface area (Å²) in [5, 5.41) is 5.60. The summed E-state index contributed by atoms with van der Waals surface area (Å²) in [6.45, 7) is 4.13. The molecule has 0 aliphatic carbocycles. The van der Waals surface area contributed by atoms with Crippen molar-refractivity contribution in [1.82, 2.24) is 4.98 Å². The Morgan fingerprint density at radius 1 is 1.47 bits per heavy atom. The van der Waals surface area contributed by atoms with Gasteiger partial charge in [-0.2, -0.15) is 0 Å². The lowest BCUT2D eigenvalue weighted by atomic mass is 10.2. The molecule has 0 bridgehead atoms. The molecular weight excluding hydrogens is 281 g/mol. The van der Waals surface area contributed by atoms with Crippen molar-refractivity contribution < 1.29 is 4.39 Å². The summed E-state index contributed by atoms with van der Waals surface area (Å²) in [5.41, 5.74) is 7.33. The van der Waals surface area contributed by atoms with Crippen LogP contribution in [0.1, 0.15) is 31.0 Å². The van der Waals surface area contributed by atoms with E-state index < -0.39 is 5.82 Å². The van der Waals surface area contributed by atoms with E-state index >= 15 is 0 Å². The Hall–Kier alpha value is -1.53. The van der Waals surface area contributed by atoms with E-state index in [-0.39, 0.29) is 4.99 Å². The number of hydrogen-bond donors (Lipinski definition) is 2. The van der Waals surface area contributed by atoms with Crippen LogP contribution >= 0.6 is 23.6 Å². The smallest absolute Gasteiger partial charge is 0.187 e. The van der Waals surface area contributed by atoms with Gasteiger partial charge >= 0.3 is 0 Å². The third kappa shape index (κ3) is 3.27. The van der Waals surface area contributed by atoms with Crippen molar-refractivity contribution >= 4 is 39.4 Å². The fourth-order valence-electron chi connectivity index (χ4n) is 1.49. The van der Waals surface area contributed by atoms with Crippen molar-refractivity contribution in [1.29, 1.82) is 0 Å². The number of thiazole rings is 1. The molecule has 2 aromatic rings. The van der Waals surface area contributed by atoms with E-state index in [4.69, 9.17) is 18.0 Å². The van der Waals surface area contributed by atoms with Crippen LogP contribution < -0.4 is 11.1 Å². The summed E-state index contributed by atoms with van der Waals surface area (Å²) < 4.78 is 13.9. The largest absolute Gasteiger partial charge is 0.389 e. The van der Waals surface area contributed by atoms with E-state index in [1.54, 1.807) is 12.1 Å². The molecule has 1 heterocycles. The van der Waals surface area contributed by atoms with Gasteiger partial charge in [-0.3, -0.25) is 0 Å². The van der Waals surface area contributed by atoms with Crippen molar-refractivity contribution in [2.24, 2.45) is 5.73 Å². The van der Waals surface area contributed by atoms with E-state index in [1.165, 1.54) is 17.4 Å². The lowest BCUT2D eigenvalue weighted by Gasteiger charge is -2.06. The summed E-state index contributed by atoms with van der Waals surface area (Å²) >= 11 is 6.26. The third-order valence-electron chi connectivity index (χ3n) is 2.61. The molecule has 0 unspecified atom stereocenters. The molecule has 3 nitrogen and oxygen atoms in total. The van der Waals surface area contributed by atoms with Crippen LogP contribution in [-0.4, -0.2) is 9.97 Å². The summed E-state index contributed by atoms with van der Waals surface area (Å²) in [4.78, 5) is 4.58. The molecule has 0 aliphatic heterocycles. The molecule has 2 rings (SSSR count). The first-order valence-corrected chi connectivity index (χ1v) is 7.08. The first-order chi connectivity index (χ1) is 8.97. The number of anilines is 2. The van der Waals surface area contributed by atoms with E-state index in [0.29, 0.717) is 22.3 Å². The van der Waals surface area contributed by atoms with E-state index in [0.717, 1.165) is 5.69 Å². The van der Waals surface area contributed by atoms with Crippen molar-refractivity contribution in [3.63, 3.8) is 0 Å². The average Bonchev–Trinajstić information content (AvgIpc) is 2.80. The van der Waals surface area contributed by atoms with Crippen molar-refractivity contribution in [3.8, 4) is 0 Å². The first-order valence-electron chi connectivity index (χ1n) is 5.79. The van der Waals surface area contributed by atoms with Gasteiger partial charge in [0.15, 0.2) is 5.13 Å². The van der Waals surface area contributed by atoms with Gasteiger partial charge in [0.1, 0.15) is 10.8 Å². The number of thiocarbonyl (C=S) groups is 1. The number of hydrogen-bond acceptors (Lipinski definition) is 4. The molecule has 0 amide bonds. The average molecular weight is 295 g/mol. The molecule has 0 atom stereocenters. The number of nitrogens with one attached hydrogen (secondary N) is 1. The third-order valence-corrected chi connectivity index (χ3v) is 3.62. The number of nitrogens with two attached hydrogens (primary N) is 1. The molecule has 1 aromatic heterocycles. The van der Waals surface area contributed by atoms with E-state index in [1.807, 2.05) is 5.38 Å². The van der Waals surface area contributed by atoms with Gasteiger partial charge in [-0.1, -0.05) is 26.1 Å². The van der Waals surface area contributed by atoms with Gasteiger partial charge < -0.3 is 11.1 Å². The van der Waals surface area contributed by atoms with Crippen molar-refractivity contribution in [3.05, 3.63) is 40.7 Å². The lowest BCUT2D eigenvalue weighted by molar-refractivity contribution is 0.631. The maximum atomic E-state index is 13.9. The standard InChI is InChI=1S/C13H14FN3S2/c1-7(2)11-6-19-13(17-11)16-10-4-3-8(12(15)18)5-9(10)14/h3-7H,1-2H3,(H2,15,18)(H,16,17). The molecular formula is C13H14FN3S2. The number of aromatic nitrogens is 1. The van der Waals surface area contributed by atoms with Crippen LogP contribution in [0.5, 0.6) is 0 Å². The molecule has 3 N–H and O–H groups in total. The van der Waals surface area contributed by atoms with Gasteiger partial charge in [-0.25, -0.2) is 9.37 Å². The lowest BCUT2D eigenvalue weighted by Crippen LogP contribution is -2.09. The minimum Gasteiger partial charge on any atom is -0.389 e. The maximum absolute atomic E-state index is 13.9. The number of benzene rings is 1. The molecule has 1 aromatic carbocycles. The number of nitrogens with zero attached hydrogens (tertiary/aromatic N) is 1. The summed E-state index contributed by atoms with van der Waals surface area (Å²) in [5.74, 6) is -0.0415. The topological polar surface area (TPSA) is 50.9 Å². The van der Waals surface area contributed by atoms with E-state index in [9.17, 15) is 4.39 Å². The predicted octanol–water partition coefficient (Wildman–Crippen LogP) is 3.78. The Bertz CT molecular complexity index is 608. The Kier molecular flexibility index (Phi) is 4.11. The first kappa shape index (κ1) is 13.9. The molecule has 0 saturated heterocycles. The highest BCUT2D eigenvalue weighted by atomic mass is 32.1. The molecule has 0 spiro atoms. The second-order valence-electron chi connectivity index (χ2n) is 4.42. The SMILES string of the molecule is CC(C)c1csc(Nc2ccc(C(N)=S)cc2F)n1. The number of rotatable bonds is 4. The highest BCUT2D eigenvalue weighted by molar-refractivity contribution is 7.80. The maximum Gasteiger partial charge on any atom is 0.187 e. The zero-order valence-electron chi connectivity index (χ0n) is 10.6. The van der Waals surface area contributed by atoms with Crippen LogP contribution in [0.4, 0.5) is 15.2 Å². The minimum absolute atomic E-state index is 0.182. The molecule has 0 saturated carbocycles.